The van der Waals surface area contributed by atoms with Crippen molar-refractivity contribution in [3.8, 4) is 5.75 Å². The Morgan fingerprint density at radius 2 is 2.19 bits per heavy atom. The molecule has 1 aromatic carbocycles. The van der Waals surface area contributed by atoms with Gasteiger partial charge in [0.05, 0.1) is 12.2 Å². The highest BCUT2D eigenvalue weighted by atomic mass is 19.2. The van der Waals surface area contributed by atoms with Crippen molar-refractivity contribution < 1.29 is 18.3 Å². The molecule has 0 spiro atoms. The van der Waals surface area contributed by atoms with E-state index in [1.54, 1.807) is 6.92 Å². The molecular formula is C13H12F2N4O2. The number of rotatable bonds is 2. The van der Waals surface area contributed by atoms with Crippen LogP contribution >= 0.6 is 0 Å². The fourth-order valence-electron chi connectivity index (χ4n) is 2.21. The lowest BCUT2D eigenvalue weighted by Gasteiger charge is -2.33. The van der Waals surface area contributed by atoms with E-state index < -0.39 is 11.6 Å². The zero-order valence-electron chi connectivity index (χ0n) is 11.2. The Hall–Kier alpha value is -2.51. The lowest BCUT2D eigenvalue weighted by Crippen LogP contribution is -2.44. The molecule has 110 valence electrons. The van der Waals surface area contributed by atoms with Crippen molar-refractivity contribution in [1.82, 2.24) is 14.8 Å². The van der Waals surface area contributed by atoms with Crippen LogP contribution in [0.25, 0.3) is 0 Å². The van der Waals surface area contributed by atoms with Crippen LogP contribution in [0, 0.1) is 11.6 Å². The normalized spacial score (nSPS) is 17.3. The van der Waals surface area contributed by atoms with Crippen molar-refractivity contribution in [2.75, 3.05) is 11.4 Å². The number of hydrogen-bond donors (Lipinski definition) is 0. The van der Waals surface area contributed by atoms with Gasteiger partial charge in [-0.05, 0) is 6.92 Å². The standard InChI is InChI=1S/C13H12F2N4O2/c1-8-4-19(13(20)5-18-7-16-6-17-18)11-2-9(14)10(15)3-12(11)21-8/h2-3,6-8H,4-5H2,1H3. The third-order valence-electron chi connectivity index (χ3n) is 3.13. The average Bonchev–Trinajstić information content (AvgIpc) is 2.92. The maximum absolute atomic E-state index is 13.4. The average molecular weight is 294 g/mol. The number of halogens is 2. The van der Waals surface area contributed by atoms with Crippen LogP contribution in [-0.4, -0.2) is 33.3 Å². The lowest BCUT2D eigenvalue weighted by atomic mass is 10.2. The largest absolute Gasteiger partial charge is 0.487 e. The van der Waals surface area contributed by atoms with Crippen molar-refractivity contribution in [3.05, 3.63) is 36.4 Å². The summed E-state index contributed by atoms with van der Waals surface area (Å²) in [6, 6.07) is 1.92. The molecule has 1 aliphatic rings. The molecule has 1 amide bonds. The summed E-state index contributed by atoms with van der Waals surface area (Å²) < 4.78 is 33.5. The monoisotopic (exact) mass is 294 g/mol. The molecule has 0 bridgehead atoms. The van der Waals surface area contributed by atoms with Gasteiger partial charge < -0.3 is 9.64 Å². The number of amides is 1. The van der Waals surface area contributed by atoms with Gasteiger partial charge in [-0.15, -0.1) is 0 Å². The zero-order chi connectivity index (χ0) is 15.0. The van der Waals surface area contributed by atoms with E-state index in [1.165, 1.54) is 22.2 Å². The van der Waals surface area contributed by atoms with Crippen molar-refractivity contribution in [2.24, 2.45) is 0 Å². The Labute approximate surface area is 119 Å². The van der Waals surface area contributed by atoms with Crippen LogP contribution in [0.3, 0.4) is 0 Å². The van der Waals surface area contributed by atoms with Gasteiger partial charge in [-0.25, -0.2) is 18.4 Å². The summed E-state index contributed by atoms with van der Waals surface area (Å²) in [5, 5.41) is 3.85. The maximum Gasteiger partial charge on any atom is 0.249 e. The van der Waals surface area contributed by atoms with Gasteiger partial charge >= 0.3 is 0 Å². The first-order valence-corrected chi connectivity index (χ1v) is 6.33. The van der Waals surface area contributed by atoms with Gasteiger partial charge in [0, 0.05) is 12.1 Å². The van der Waals surface area contributed by atoms with Crippen LogP contribution in [0.15, 0.2) is 24.8 Å². The second kappa shape index (κ2) is 5.12. The number of carbonyl (C=O) groups is 1. The Balaban J connectivity index is 1.93. The van der Waals surface area contributed by atoms with E-state index in [2.05, 4.69) is 10.1 Å². The number of aromatic nitrogens is 3. The second-order valence-electron chi connectivity index (χ2n) is 4.76. The third-order valence-corrected chi connectivity index (χ3v) is 3.13. The van der Waals surface area contributed by atoms with Gasteiger partial charge in [0.2, 0.25) is 5.91 Å². The minimum atomic E-state index is -1.02. The molecule has 0 aliphatic carbocycles. The SMILES string of the molecule is CC1CN(C(=O)Cn2cncn2)c2cc(F)c(F)cc2O1. The molecule has 21 heavy (non-hydrogen) atoms. The van der Waals surface area contributed by atoms with E-state index in [-0.39, 0.29) is 36.5 Å². The molecule has 0 radical (unpaired) electrons. The highest BCUT2D eigenvalue weighted by Gasteiger charge is 2.29. The third kappa shape index (κ3) is 2.56. The topological polar surface area (TPSA) is 60.2 Å². The Kier molecular flexibility index (Phi) is 3.28. The summed E-state index contributed by atoms with van der Waals surface area (Å²) in [6.07, 6.45) is 2.41. The highest BCUT2D eigenvalue weighted by molar-refractivity contribution is 5.95. The quantitative estimate of drug-likeness (QED) is 0.839. The van der Waals surface area contributed by atoms with E-state index in [0.717, 1.165) is 12.1 Å². The van der Waals surface area contributed by atoms with Gasteiger partial charge in [-0.2, -0.15) is 5.10 Å². The maximum atomic E-state index is 13.4. The minimum Gasteiger partial charge on any atom is -0.487 e. The lowest BCUT2D eigenvalue weighted by molar-refractivity contribution is -0.119. The van der Waals surface area contributed by atoms with Crippen LogP contribution < -0.4 is 9.64 Å². The molecule has 3 rings (SSSR count). The number of nitrogens with zero attached hydrogens (tertiary/aromatic N) is 4. The molecular weight excluding hydrogens is 282 g/mol. The second-order valence-corrected chi connectivity index (χ2v) is 4.76. The number of carbonyl (C=O) groups excluding carboxylic acids is 1. The summed E-state index contributed by atoms with van der Waals surface area (Å²) >= 11 is 0. The molecule has 1 aliphatic heterocycles. The Bertz CT molecular complexity index is 675. The highest BCUT2D eigenvalue weighted by Crippen LogP contribution is 2.35. The van der Waals surface area contributed by atoms with Crippen LogP contribution in [0.5, 0.6) is 5.75 Å². The molecule has 1 atom stereocenters. The summed E-state index contributed by atoms with van der Waals surface area (Å²) in [7, 11) is 0. The van der Waals surface area contributed by atoms with Crippen LogP contribution in [0.1, 0.15) is 6.92 Å². The van der Waals surface area contributed by atoms with Gasteiger partial charge in [0.15, 0.2) is 11.6 Å². The number of hydrogen-bond acceptors (Lipinski definition) is 4. The molecule has 8 heteroatoms. The van der Waals surface area contributed by atoms with Gasteiger partial charge in [0.1, 0.15) is 31.1 Å². The minimum absolute atomic E-state index is 0.0366. The van der Waals surface area contributed by atoms with E-state index in [9.17, 15) is 13.6 Å². The first-order valence-electron chi connectivity index (χ1n) is 6.33. The molecule has 1 unspecified atom stereocenters. The molecule has 2 aromatic rings. The smallest absolute Gasteiger partial charge is 0.249 e. The first kappa shape index (κ1) is 13.5. The number of fused-ring (bicyclic) bond motifs is 1. The van der Waals surface area contributed by atoms with Gasteiger partial charge in [-0.3, -0.25) is 4.79 Å². The van der Waals surface area contributed by atoms with Crippen molar-refractivity contribution in [3.63, 3.8) is 0 Å². The summed E-state index contributed by atoms with van der Waals surface area (Å²) in [6.45, 7) is 1.97. The zero-order valence-corrected chi connectivity index (χ0v) is 11.2. The first-order chi connectivity index (χ1) is 10.0. The molecule has 6 nitrogen and oxygen atoms in total. The predicted octanol–water partition coefficient (Wildman–Crippen LogP) is 1.37. The Morgan fingerprint density at radius 1 is 1.43 bits per heavy atom. The summed E-state index contributed by atoms with van der Waals surface area (Å²) in [5.74, 6) is -2.18. The Morgan fingerprint density at radius 3 is 2.90 bits per heavy atom. The predicted molar refractivity (Wildman–Crippen MR) is 68.8 cm³/mol. The fraction of sp³-hybridized carbons (Fsp3) is 0.308. The molecule has 1 aromatic heterocycles. The van der Waals surface area contributed by atoms with E-state index in [1.807, 2.05) is 0 Å². The van der Waals surface area contributed by atoms with E-state index >= 15 is 0 Å². The molecule has 0 N–H and O–H groups in total. The molecule has 0 fully saturated rings. The number of ether oxygens (including phenoxy) is 1. The fourth-order valence-corrected chi connectivity index (χ4v) is 2.21. The molecule has 0 saturated heterocycles. The van der Waals surface area contributed by atoms with E-state index in [0.29, 0.717) is 0 Å². The van der Waals surface area contributed by atoms with Crippen molar-refractivity contribution in [2.45, 2.75) is 19.6 Å². The molecule has 2 heterocycles. The number of anilines is 1. The van der Waals surface area contributed by atoms with Crippen molar-refractivity contribution >= 4 is 11.6 Å². The van der Waals surface area contributed by atoms with Gasteiger partial charge in [-0.1, -0.05) is 0 Å². The van der Waals surface area contributed by atoms with Crippen LogP contribution in [0.4, 0.5) is 14.5 Å². The number of benzene rings is 1. The van der Waals surface area contributed by atoms with Gasteiger partial charge in [0.25, 0.3) is 0 Å². The van der Waals surface area contributed by atoms with E-state index in [4.69, 9.17) is 4.74 Å². The van der Waals surface area contributed by atoms with Crippen LogP contribution in [0.2, 0.25) is 0 Å². The summed E-state index contributed by atoms with van der Waals surface area (Å²) in [4.78, 5) is 17.5. The van der Waals surface area contributed by atoms with Crippen LogP contribution in [-0.2, 0) is 11.3 Å². The van der Waals surface area contributed by atoms with Crippen molar-refractivity contribution in [1.29, 1.82) is 0 Å². The molecule has 0 saturated carbocycles. The summed E-state index contributed by atoms with van der Waals surface area (Å²) in [5.41, 5.74) is 0.220.